The fourth-order valence-corrected chi connectivity index (χ4v) is 1.83. The summed E-state index contributed by atoms with van der Waals surface area (Å²) < 4.78 is 18.0. The molecule has 0 heterocycles. The number of carboxylic acids is 1. The van der Waals surface area contributed by atoms with Gasteiger partial charge in [-0.05, 0) is 24.6 Å². The van der Waals surface area contributed by atoms with Crippen LogP contribution in [0.4, 0.5) is 4.39 Å². The minimum absolute atomic E-state index is 0.112. The Kier molecular flexibility index (Phi) is 2.83. The first-order valence-corrected chi connectivity index (χ1v) is 5.15. The van der Waals surface area contributed by atoms with Crippen molar-refractivity contribution in [3.8, 4) is 5.75 Å². The van der Waals surface area contributed by atoms with E-state index in [-0.39, 0.29) is 17.1 Å². The normalized spacial score (nSPS) is 22.0. The topological polar surface area (TPSA) is 63.6 Å². The van der Waals surface area contributed by atoms with Gasteiger partial charge in [0.2, 0.25) is 0 Å². The molecule has 0 saturated heterocycles. The molecule has 1 saturated carbocycles. The van der Waals surface area contributed by atoms with Crippen LogP contribution in [0.3, 0.4) is 0 Å². The van der Waals surface area contributed by atoms with Crippen molar-refractivity contribution in [3.63, 3.8) is 0 Å². The number of carboxylic acid groups (broad SMARTS) is 1. The SMILES string of the molecule is COc1ccc(F)cc1C(=O)C1CC1C(=O)O. The predicted octanol–water partition coefficient (Wildman–Crippen LogP) is 1.74. The number of hydrogen-bond donors (Lipinski definition) is 1. The number of benzene rings is 1. The Hall–Kier alpha value is -1.91. The number of ketones is 1. The average Bonchev–Trinajstić information content (AvgIpc) is 3.08. The van der Waals surface area contributed by atoms with Gasteiger partial charge in [0.05, 0.1) is 18.6 Å². The molecule has 1 aliphatic rings. The molecule has 90 valence electrons. The van der Waals surface area contributed by atoms with Crippen molar-refractivity contribution in [2.45, 2.75) is 6.42 Å². The van der Waals surface area contributed by atoms with Crippen LogP contribution in [0.1, 0.15) is 16.8 Å². The van der Waals surface area contributed by atoms with Crippen LogP contribution in [0.15, 0.2) is 18.2 Å². The summed E-state index contributed by atoms with van der Waals surface area (Å²) >= 11 is 0. The van der Waals surface area contributed by atoms with Crippen molar-refractivity contribution in [2.75, 3.05) is 7.11 Å². The zero-order valence-electron chi connectivity index (χ0n) is 9.14. The minimum Gasteiger partial charge on any atom is -0.496 e. The molecule has 4 nitrogen and oxygen atoms in total. The monoisotopic (exact) mass is 238 g/mol. The molecule has 2 rings (SSSR count). The number of ether oxygens (including phenoxy) is 1. The Morgan fingerprint density at radius 2 is 2.12 bits per heavy atom. The molecule has 0 aromatic heterocycles. The fourth-order valence-electron chi connectivity index (χ4n) is 1.83. The molecule has 2 atom stereocenters. The average molecular weight is 238 g/mol. The summed E-state index contributed by atoms with van der Waals surface area (Å²) in [5.74, 6) is -2.82. The van der Waals surface area contributed by atoms with Gasteiger partial charge in [-0.1, -0.05) is 0 Å². The van der Waals surface area contributed by atoms with Crippen LogP contribution >= 0.6 is 0 Å². The summed E-state index contributed by atoms with van der Waals surface area (Å²) in [4.78, 5) is 22.6. The lowest BCUT2D eigenvalue weighted by Gasteiger charge is -2.06. The number of carbonyl (C=O) groups excluding carboxylic acids is 1. The number of methoxy groups -OCH3 is 1. The van der Waals surface area contributed by atoms with E-state index in [1.165, 1.54) is 19.2 Å². The number of carbonyl (C=O) groups is 2. The molecule has 0 bridgehead atoms. The maximum absolute atomic E-state index is 13.1. The van der Waals surface area contributed by atoms with E-state index in [1.807, 2.05) is 0 Å². The van der Waals surface area contributed by atoms with Crippen LogP contribution in [0.5, 0.6) is 5.75 Å². The summed E-state index contributed by atoms with van der Waals surface area (Å²) in [5, 5.41) is 8.74. The van der Waals surface area contributed by atoms with Gasteiger partial charge in [0.15, 0.2) is 5.78 Å². The van der Waals surface area contributed by atoms with Gasteiger partial charge in [-0.3, -0.25) is 9.59 Å². The van der Waals surface area contributed by atoms with Gasteiger partial charge in [-0.15, -0.1) is 0 Å². The molecule has 17 heavy (non-hydrogen) atoms. The lowest BCUT2D eigenvalue weighted by Crippen LogP contribution is -2.09. The Morgan fingerprint density at radius 3 is 2.65 bits per heavy atom. The molecular formula is C12H11FO4. The molecular weight excluding hydrogens is 227 g/mol. The molecule has 1 fully saturated rings. The van der Waals surface area contributed by atoms with Crippen LogP contribution in [-0.2, 0) is 4.79 Å². The van der Waals surface area contributed by atoms with E-state index < -0.39 is 23.6 Å². The van der Waals surface area contributed by atoms with E-state index in [4.69, 9.17) is 9.84 Å². The van der Waals surface area contributed by atoms with E-state index in [0.717, 1.165) is 6.07 Å². The molecule has 5 heteroatoms. The van der Waals surface area contributed by atoms with Gasteiger partial charge >= 0.3 is 5.97 Å². The van der Waals surface area contributed by atoms with Gasteiger partial charge in [0, 0.05) is 5.92 Å². The van der Waals surface area contributed by atoms with Crippen molar-refractivity contribution in [2.24, 2.45) is 11.8 Å². The zero-order valence-corrected chi connectivity index (χ0v) is 9.14. The van der Waals surface area contributed by atoms with Crippen LogP contribution in [0.25, 0.3) is 0 Å². The quantitative estimate of drug-likeness (QED) is 0.811. The molecule has 0 radical (unpaired) electrons. The van der Waals surface area contributed by atoms with Crippen molar-refractivity contribution in [1.29, 1.82) is 0 Å². The largest absolute Gasteiger partial charge is 0.496 e. The highest BCUT2D eigenvalue weighted by molar-refractivity contribution is 6.04. The lowest BCUT2D eigenvalue weighted by molar-refractivity contribution is -0.138. The van der Waals surface area contributed by atoms with E-state index in [9.17, 15) is 14.0 Å². The van der Waals surface area contributed by atoms with Crippen LogP contribution in [0, 0.1) is 17.7 Å². The smallest absolute Gasteiger partial charge is 0.307 e. The predicted molar refractivity (Wildman–Crippen MR) is 56.5 cm³/mol. The Labute approximate surface area is 97.0 Å². The van der Waals surface area contributed by atoms with Crippen LogP contribution in [0.2, 0.25) is 0 Å². The zero-order chi connectivity index (χ0) is 12.6. The van der Waals surface area contributed by atoms with Crippen LogP contribution in [-0.4, -0.2) is 24.0 Å². The highest BCUT2D eigenvalue weighted by atomic mass is 19.1. The minimum atomic E-state index is -0.987. The summed E-state index contributed by atoms with van der Waals surface area (Å²) in [6.45, 7) is 0. The van der Waals surface area contributed by atoms with E-state index in [2.05, 4.69) is 0 Å². The van der Waals surface area contributed by atoms with Crippen molar-refractivity contribution < 1.29 is 23.8 Å². The first-order valence-electron chi connectivity index (χ1n) is 5.15. The second kappa shape index (κ2) is 4.16. The maximum Gasteiger partial charge on any atom is 0.307 e. The van der Waals surface area contributed by atoms with Gasteiger partial charge in [0.1, 0.15) is 11.6 Å². The molecule has 2 unspecified atom stereocenters. The summed E-state index contributed by atoms with van der Waals surface area (Å²) in [6, 6.07) is 3.64. The highest BCUT2D eigenvalue weighted by Crippen LogP contribution is 2.42. The van der Waals surface area contributed by atoms with Crippen molar-refractivity contribution in [1.82, 2.24) is 0 Å². The molecule has 1 aromatic rings. The van der Waals surface area contributed by atoms with Gasteiger partial charge in [-0.25, -0.2) is 4.39 Å². The molecule has 0 spiro atoms. The number of halogens is 1. The second-order valence-corrected chi connectivity index (χ2v) is 4.00. The number of aliphatic carboxylic acids is 1. The standard InChI is InChI=1S/C12H11FO4/c1-17-10-3-2-6(13)4-9(10)11(14)7-5-8(7)12(15)16/h2-4,7-8H,5H2,1H3,(H,15,16). The van der Waals surface area contributed by atoms with E-state index >= 15 is 0 Å². The van der Waals surface area contributed by atoms with E-state index in [1.54, 1.807) is 0 Å². The lowest BCUT2D eigenvalue weighted by atomic mass is 10.0. The maximum atomic E-state index is 13.1. The Balaban J connectivity index is 2.26. The van der Waals surface area contributed by atoms with E-state index in [0.29, 0.717) is 6.42 Å². The van der Waals surface area contributed by atoms with Crippen LogP contribution < -0.4 is 4.74 Å². The van der Waals surface area contributed by atoms with Gasteiger partial charge in [-0.2, -0.15) is 0 Å². The summed E-state index contributed by atoms with van der Waals surface area (Å²) in [5.41, 5.74) is 0.112. The molecule has 0 aliphatic heterocycles. The highest BCUT2D eigenvalue weighted by Gasteiger charge is 2.48. The fraction of sp³-hybridized carbons (Fsp3) is 0.333. The molecule has 0 amide bonds. The number of hydrogen-bond acceptors (Lipinski definition) is 3. The molecule has 1 aliphatic carbocycles. The second-order valence-electron chi connectivity index (χ2n) is 4.00. The first kappa shape index (κ1) is 11.6. The van der Waals surface area contributed by atoms with Gasteiger partial charge < -0.3 is 9.84 Å². The number of rotatable bonds is 4. The third-order valence-electron chi connectivity index (χ3n) is 2.87. The first-order chi connectivity index (χ1) is 8.04. The molecule has 1 aromatic carbocycles. The summed E-state index contributed by atoms with van der Waals surface area (Å²) in [6.07, 6.45) is 0.313. The third kappa shape index (κ3) is 2.13. The van der Waals surface area contributed by atoms with Crippen molar-refractivity contribution >= 4 is 11.8 Å². The summed E-state index contributed by atoms with van der Waals surface area (Å²) in [7, 11) is 1.38. The van der Waals surface area contributed by atoms with Crippen molar-refractivity contribution in [3.05, 3.63) is 29.6 Å². The van der Waals surface area contributed by atoms with Gasteiger partial charge in [0.25, 0.3) is 0 Å². The third-order valence-corrected chi connectivity index (χ3v) is 2.87. The Bertz CT molecular complexity index is 483. The Morgan fingerprint density at radius 1 is 1.41 bits per heavy atom. The molecule has 1 N–H and O–H groups in total. The number of Topliss-reactive ketones (excluding diaryl/α,β-unsaturated/α-hetero) is 1.